The molecular formula is C26H31N3O5S. The van der Waals surface area contributed by atoms with Crippen molar-refractivity contribution in [3.05, 3.63) is 51.9 Å². The SMILES string of the molecule is CCCCC1(c2ccccc2)NC(=O)N(CC(=O)Nc2sc3c(c2C(=O)OC)CCC(C)C3)C1=O. The van der Waals surface area contributed by atoms with Crippen molar-refractivity contribution >= 4 is 40.2 Å². The molecule has 1 saturated heterocycles. The van der Waals surface area contributed by atoms with Crippen molar-refractivity contribution in [2.45, 2.75) is 57.9 Å². The van der Waals surface area contributed by atoms with E-state index >= 15 is 0 Å². The lowest BCUT2D eigenvalue weighted by molar-refractivity contribution is -0.134. The van der Waals surface area contributed by atoms with Gasteiger partial charge in [0.05, 0.1) is 12.7 Å². The number of imide groups is 1. The van der Waals surface area contributed by atoms with Crippen molar-refractivity contribution in [2.75, 3.05) is 19.0 Å². The lowest BCUT2D eigenvalue weighted by Gasteiger charge is -2.27. The van der Waals surface area contributed by atoms with Crippen LogP contribution in [0.1, 0.15) is 65.9 Å². The molecule has 2 atom stereocenters. The van der Waals surface area contributed by atoms with Crippen LogP contribution >= 0.6 is 11.3 Å². The highest BCUT2D eigenvalue weighted by Gasteiger charge is 2.52. The zero-order chi connectivity index (χ0) is 25.2. The van der Waals surface area contributed by atoms with Gasteiger partial charge < -0.3 is 15.4 Å². The molecular weight excluding hydrogens is 466 g/mol. The molecule has 8 nitrogen and oxygen atoms in total. The van der Waals surface area contributed by atoms with E-state index in [0.717, 1.165) is 47.4 Å². The van der Waals surface area contributed by atoms with Crippen molar-refractivity contribution in [1.82, 2.24) is 10.2 Å². The van der Waals surface area contributed by atoms with E-state index in [-0.39, 0.29) is 0 Å². The second-order valence-corrected chi connectivity index (χ2v) is 10.4. The Morgan fingerprint density at radius 3 is 2.69 bits per heavy atom. The van der Waals surface area contributed by atoms with Gasteiger partial charge in [-0.2, -0.15) is 0 Å². The summed E-state index contributed by atoms with van der Waals surface area (Å²) >= 11 is 1.37. The van der Waals surface area contributed by atoms with E-state index in [9.17, 15) is 19.2 Å². The number of ether oxygens (including phenoxy) is 1. The van der Waals surface area contributed by atoms with Crippen LogP contribution in [0.2, 0.25) is 0 Å². The molecule has 9 heteroatoms. The molecule has 0 bridgehead atoms. The molecule has 1 fully saturated rings. The van der Waals surface area contributed by atoms with Gasteiger partial charge in [0.15, 0.2) is 0 Å². The van der Waals surface area contributed by atoms with Crippen LogP contribution in [0, 0.1) is 5.92 Å². The van der Waals surface area contributed by atoms with Gasteiger partial charge in [0.25, 0.3) is 5.91 Å². The van der Waals surface area contributed by atoms with Gasteiger partial charge in [-0.3, -0.25) is 14.5 Å². The van der Waals surface area contributed by atoms with E-state index in [1.54, 1.807) is 0 Å². The van der Waals surface area contributed by atoms with Crippen LogP contribution < -0.4 is 10.6 Å². The van der Waals surface area contributed by atoms with E-state index in [1.807, 2.05) is 37.3 Å². The molecule has 4 rings (SSSR count). The quantitative estimate of drug-likeness (QED) is 0.419. The van der Waals surface area contributed by atoms with Gasteiger partial charge in [-0.15, -0.1) is 11.3 Å². The molecule has 1 aliphatic carbocycles. The number of fused-ring (bicyclic) bond motifs is 1. The first kappa shape index (κ1) is 24.9. The summed E-state index contributed by atoms with van der Waals surface area (Å²) in [7, 11) is 1.32. The molecule has 0 spiro atoms. The first-order valence-electron chi connectivity index (χ1n) is 12.0. The Morgan fingerprint density at radius 1 is 1.26 bits per heavy atom. The van der Waals surface area contributed by atoms with Crippen molar-refractivity contribution < 1.29 is 23.9 Å². The Balaban J connectivity index is 1.56. The van der Waals surface area contributed by atoms with E-state index in [4.69, 9.17) is 4.74 Å². The summed E-state index contributed by atoms with van der Waals surface area (Å²) < 4.78 is 4.98. The van der Waals surface area contributed by atoms with Gasteiger partial charge in [-0.25, -0.2) is 9.59 Å². The number of nitrogens with one attached hydrogen (secondary N) is 2. The Hall–Kier alpha value is -3.20. The molecule has 2 aliphatic rings. The van der Waals surface area contributed by atoms with Gasteiger partial charge in [0, 0.05) is 4.88 Å². The summed E-state index contributed by atoms with van der Waals surface area (Å²) in [4.78, 5) is 54.0. The van der Waals surface area contributed by atoms with E-state index in [2.05, 4.69) is 17.6 Å². The summed E-state index contributed by atoms with van der Waals surface area (Å²) in [5.41, 5.74) is 0.812. The topological polar surface area (TPSA) is 105 Å². The molecule has 2 aromatic rings. The molecule has 2 unspecified atom stereocenters. The number of anilines is 1. The van der Waals surface area contributed by atoms with Crippen molar-refractivity contribution in [2.24, 2.45) is 5.92 Å². The highest BCUT2D eigenvalue weighted by Crippen LogP contribution is 2.40. The third-order valence-electron chi connectivity index (χ3n) is 6.80. The monoisotopic (exact) mass is 497 g/mol. The van der Waals surface area contributed by atoms with Crippen LogP contribution in [0.5, 0.6) is 0 Å². The van der Waals surface area contributed by atoms with Crippen molar-refractivity contribution in [1.29, 1.82) is 0 Å². The Morgan fingerprint density at radius 2 is 2.00 bits per heavy atom. The molecule has 1 aliphatic heterocycles. The maximum Gasteiger partial charge on any atom is 0.341 e. The number of nitrogens with zero attached hydrogens (tertiary/aromatic N) is 1. The molecule has 35 heavy (non-hydrogen) atoms. The minimum absolute atomic E-state index is 0.381. The number of methoxy groups -OCH3 is 1. The van der Waals surface area contributed by atoms with Crippen LogP contribution in [0.3, 0.4) is 0 Å². The minimum atomic E-state index is -1.19. The maximum absolute atomic E-state index is 13.5. The van der Waals surface area contributed by atoms with Gasteiger partial charge in [0.2, 0.25) is 5.91 Å². The molecule has 2 heterocycles. The maximum atomic E-state index is 13.5. The standard InChI is InChI=1S/C26H31N3O5S/c1-4-5-13-26(17-9-7-6-8-10-17)24(32)29(25(33)28-26)15-20(30)27-22-21(23(31)34-3)18-12-11-16(2)14-19(18)35-22/h6-10,16H,4-5,11-15H2,1-3H3,(H,27,30)(H,28,33). The molecule has 0 radical (unpaired) electrons. The fourth-order valence-corrected chi connectivity index (χ4v) is 6.33. The van der Waals surface area contributed by atoms with E-state index in [0.29, 0.717) is 28.5 Å². The van der Waals surface area contributed by atoms with Gasteiger partial charge in [-0.05, 0) is 42.7 Å². The number of hydrogen-bond donors (Lipinski definition) is 2. The molecule has 2 N–H and O–H groups in total. The minimum Gasteiger partial charge on any atom is -0.465 e. The third-order valence-corrected chi connectivity index (χ3v) is 7.97. The number of unbranched alkanes of at least 4 members (excludes halogenated alkanes) is 1. The average Bonchev–Trinajstić information content (AvgIpc) is 3.32. The van der Waals surface area contributed by atoms with E-state index in [1.165, 1.54) is 18.4 Å². The molecule has 4 amide bonds. The lowest BCUT2D eigenvalue weighted by atomic mass is 9.85. The Kier molecular flexibility index (Phi) is 7.25. The number of hydrogen-bond acceptors (Lipinski definition) is 6. The number of benzene rings is 1. The fraction of sp³-hybridized carbons (Fsp3) is 0.462. The zero-order valence-corrected chi connectivity index (χ0v) is 21.1. The molecule has 1 aromatic carbocycles. The Bertz CT molecular complexity index is 1150. The van der Waals surface area contributed by atoms with Crippen LogP contribution in [-0.2, 0) is 32.7 Å². The number of thiophene rings is 1. The number of rotatable bonds is 8. The molecule has 1 aromatic heterocycles. The van der Waals surface area contributed by atoms with Gasteiger partial charge in [0.1, 0.15) is 17.1 Å². The number of esters is 1. The highest BCUT2D eigenvalue weighted by atomic mass is 32.1. The first-order chi connectivity index (χ1) is 16.8. The summed E-state index contributed by atoms with van der Waals surface area (Å²) in [5.74, 6) is -0.977. The normalized spacial score (nSPS) is 21.5. The van der Waals surface area contributed by atoms with Crippen LogP contribution in [0.15, 0.2) is 30.3 Å². The smallest absolute Gasteiger partial charge is 0.341 e. The van der Waals surface area contributed by atoms with Crippen LogP contribution in [-0.4, -0.2) is 42.4 Å². The van der Waals surface area contributed by atoms with E-state index < -0.39 is 35.9 Å². The highest BCUT2D eigenvalue weighted by molar-refractivity contribution is 7.17. The van der Waals surface area contributed by atoms with Crippen molar-refractivity contribution in [3.63, 3.8) is 0 Å². The number of carbonyl (C=O) groups excluding carboxylic acids is 4. The predicted molar refractivity (Wildman–Crippen MR) is 133 cm³/mol. The fourth-order valence-electron chi connectivity index (χ4n) is 4.91. The van der Waals surface area contributed by atoms with Gasteiger partial charge in [-0.1, -0.05) is 57.0 Å². The molecule has 186 valence electrons. The van der Waals surface area contributed by atoms with Crippen LogP contribution in [0.4, 0.5) is 9.80 Å². The Labute approximate surface area is 209 Å². The third kappa shape index (κ3) is 4.69. The number of urea groups is 1. The lowest BCUT2D eigenvalue weighted by Crippen LogP contribution is -2.44. The number of carbonyl (C=O) groups is 4. The van der Waals surface area contributed by atoms with Gasteiger partial charge >= 0.3 is 12.0 Å². The predicted octanol–water partition coefficient (Wildman–Crippen LogP) is 4.24. The second-order valence-electron chi connectivity index (χ2n) is 9.29. The summed E-state index contributed by atoms with van der Waals surface area (Å²) in [5, 5.41) is 6.05. The van der Waals surface area contributed by atoms with Crippen LogP contribution in [0.25, 0.3) is 0 Å². The second kappa shape index (κ2) is 10.2. The summed E-state index contributed by atoms with van der Waals surface area (Å²) in [6.45, 7) is 3.74. The first-order valence-corrected chi connectivity index (χ1v) is 12.8. The van der Waals surface area contributed by atoms with Crippen molar-refractivity contribution in [3.8, 4) is 0 Å². The largest absolute Gasteiger partial charge is 0.465 e. The average molecular weight is 498 g/mol. The zero-order valence-electron chi connectivity index (χ0n) is 20.3. The molecule has 0 saturated carbocycles. The summed E-state index contributed by atoms with van der Waals surface area (Å²) in [6.07, 6.45) is 4.58. The number of amides is 4. The summed E-state index contributed by atoms with van der Waals surface area (Å²) in [6, 6.07) is 8.53.